The van der Waals surface area contributed by atoms with Crippen LogP contribution in [0.1, 0.15) is 52.8 Å². The normalized spacial score (nSPS) is 12.5. The maximum absolute atomic E-state index is 13.2. The Bertz CT molecular complexity index is 1070. The van der Waals surface area contributed by atoms with Gasteiger partial charge in [-0.05, 0) is 53.2 Å². The van der Waals surface area contributed by atoms with E-state index >= 15 is 0 Å². The third-order valence-electron chi connectivity index (χ3n) is 4.79. The van der Waals surface area contributed by atoms with E-state index in [0.717, 1.165) is 9.47 Å². The second kappa shape index (κ2) is 12.6. The van der Waals surface area contributed by atoms with E-state index in [0.29, 0.717) is 11.3 Å². The van der Waals surface area contributed by atoms with Crippen molar-refractivity contribution in [2.75, 3.05) is 20.4 Å². The molecule has 1 atom stereocenters. The fourth-order valence-electron chi connectivity index (χ4n) is 3.21. The average Bonchev–Trinajstić information content (AvgIpc) is 3.24. The maximum Gasteiger partial charge on any atom is 0.419 e. The monoisotopic (exact) mass is 519 g/mol. The molecule has 1 N–H and O–H groups in total. The topological polar surface area (TPSA) is 129 Å². The van der Waals surface area contributed by atoms with Gasteiger partial charge in [-0.1, -0.05) is 18.2 Å². The molecule has 0 spiro atoms. The summed E-state index contributed by atoms with van der Waals surface area (Å²) in [6, 6.07) is 5.57. The summed E-state index contributed by atoms with van der Waals surface area (Å²) < 4.78 is 22.6. The van der Waals surface area contributed by atoms with E-state index in [1.165, 1.54) is 19.6 Å². The molecule has 1 aromatic carbocycles. The van der Waals surface area contributed by atoms with Crippen molar-refractivity contribution < 1.29 is 38.4 Å². The number of carbonyl (C=O) groups is 3. The molecule has 2 rings (SSSR count). The van der Waals surface area contributed by atoms with Crippen molar-refractivity contribution in [1.82, 2.24) is 14.5 Å². The van der Waals surface area contributed by atoms with E-state index < -0.39 is 35.4 Å². The van der Waals surface area contributed by atoms with Gasteiger partial charge in [0.05, 0.1) is 12.3 Å². The van der Waals surface area contributed by atoms with Gasteiger partial charge in [0.15, 0.2) is 0 Å². The Morgan fingerprint density at radius 3 is 2.30 bits per heavy atom. The molecule has 0 radical (unpaired) electrons. The molecule has 0 saturated heterocycles. The summed E-state index contributed by atoms with van der Waals surface area (Å²) >= 11 is 0. The molecule has 0 fully saturated rings. The summed E-state index contributed by atoms with van der Waals surface area (Å²) in [4.78, 5) is 43.9. The predicted molar refractivity (Wildman–Crippen MR) is 134 cm³/mol. The van der Waals surface area contributed by atoms with E-state index in [2.05, 4.69) is 4.98 Å². The van der Waals surface area contributed by atoms with Crippen LogP contribution in [0.5, 0.6) is 5.75 Å². The number of para-hydroxylation sites is 1. The van der Waals surface area contributed by atoms with Crippen LogP contribution in [0.2, 0.25) is 0 Å². The fourth-order valence-corrected chi connectivity index (χ4v) is 3.21. The zero-order valence-corrected chi connectivity index (χ0v) is 22.5. The minimum Gasteiger partial charge on any atom is -0.508 e. The van der Waals surface area contributed by atoms with Crippen LogP contribution in [0.3, 0.4) is 0 Å². The number of esters is 1. The van der Waals surface area contributed by atoms with Gasteiger partial charge in [-0.25, -0.2) is 23.9 Å². The number of carbonyl (C=O) groups excluding carboxylic acids is 3. The lowest BCUT2D eigenvalue weighted by Gasteiger charge is -2.31. The highest BCUT2D eigenvalue weighted by atomic mass is 16.6. The van der Waals surface area contributed by atoms with Crippen LogP contribution in [0.25, 0.3) is 0 Å². The summed E-state index contributed by atoms with van der Waals surface area (Å²) in [5.74, 6) is -0.623. The molecular formula is C26H37N3O8. The number of methoxy groups -OCH3 is 1. The Morgan fingerprint density at radius 2 is 1.70 bits per heavy atom. The Hall–Kier alpha value is -3.60. The fraction of sp³-hybridized carbons (Fsp3) is 0.538. The molecule has 0 aliphatic rings. The number of benzene rings is 1. The molecule has 2 aromatic rings. The lowest BCUT2D eigenvalue weighted by molar-refractivity contribution is -0.151. The Kier molecular flexibility index (Phi) is 10.1. The van der Waals surface area contributed by atoms with Gasteiger partial charge in [0.1, 0.15) is 36.1 Å². The molecule has 0 aliphatic heterocycles. The van der Waals surface area contributed by atoms with Crippen LogP contribution in [-0.4, -0.2) is 75.4 Å². The third-order valence-corrected chi connectivity index (χ3v) is 4.79. The van der Waals surface area contributed by atoms with Crippen LogP contribution in [0.4, 0.5) is 9.59 Å². The first-order valence-electron chi connectivity index (χ1n) is 11.9. The van der Waals surface area contributed by atoms with Crippen molar-refractivity contribution in [3.8, 4) is 5.75 Å². The van der Waals surface area contributed by atoms with Crippen LogP contribution in [0, 0.1) is 0 Å². The first-order chi connectivity index (χ1) is 17.2. The van der Waals surface area contributed by atoms with Crippen molar-refractivity contribution >= 4 is 18.2 Å². The largest absolute Gasteiger partial charge is 0.508 e. The highest BCUT2D eigenvalue weighted by Crippen LogP contribution is 2.19. The Balaban J connectivity index is 2.25. The zero-order valence-electron chi connectivity index (χ0n) is 22.5. The highest BCUT2D eigenvalue weighted by Gasteiger charge is 2.35. The van der Waals surface area contributed by atoms with Gasteiger partial charge >= 0.3 is 18.2 Å². The van der Waals surface area contributed by atoms with E-state index in [-0.39, 0.29) is 31.9 Å². The summed E-state index contributed by atoms with van der Waals surface area (Å²) in [7, 11) is 1.38. The first kappa shape index (κ1) is 29.6. The number of aromatic nitrogens is 2. The van der Waals surface area contributed by atoms with Gasteiger partial charge < -0.3 is 24.1 Å². The van der Waals surface area contributed by atoms with Crippen molar-refractivity contribution in [3.63, 3.8) is 0 Å². The molecule has 37 heavy (non-hydrogen) atoms. The summed E-state index contributed by atoms with van der Waals surface area (Å²) in [6.07, 6.45) is 1.50. The van der Waals surface area contributed by atoms with Gasteiger partial charge in [-0.2, -0.15) is 0 Å². The number of nitrogens with zero attached hydrogens (tertiary/aromatic N) is 3. The van der Waals surface area contributed by atoms with Crippen molar-refractivity contribution in [2.45, 2.75) is 71.6 Å². The lowest BCUT2D eigenvalue weighted by atomic mass is 10.1. The lowest BCUT2D eigenvalue weighted by Crippen LogP contribution is -2.50. The highest BCUT2D eigenvalue weighted by molar-refractivity contribution is 5.82. The Labute approximate surface area is 217 Å². The van der Waals surface area contributed by atoms with E-state index in [1.54, 1.807) is 65.8 Å². The molecule has 0 saturated carbocycles. The Morgan fingerprint density at radius 1 is 1.05 bits per heavy atom. The van der Waals surface area contributed by atoms with Gasteiger partial charge in [-0.15, -0.1) is 0 Å². The molecule has 1 heterocycles. The average molecular weight is 520 g/mol. The molecule has 11 heteroatoms. The second-order valence-electron chi connectivity index (χ2n) is 10.4. The van der Waals surface area contributed by atoms with Gasteiger partial charge in [-0.3, -0.25) is 4.90 Å². The molecule has 0 aliphatic carbocycles. The maximum atomic E-state index is 13.2. The molecule has 0 bridgehead atoms. The standard InChI is InChI=1S/C26H37N3O8/c1-25(2,3)36-23(32)28-15-19(27-16-28)14-20(29(17-34-7)24(33)37-26(4,5)6)22(31)35-13-12-18-10-8-9-11-21(18)30/h8-11,15-16,20,30H,12-14,17H2,1-7H3/t20-/m0/s1. The summed E-state index contributed by atoms with van der Waals surface area (Å²) in [5.41, 5.74) is -0.560. The van der Waals surface area contributed by atoms with Gasteiger partial charge in [0, 0.05) is 26.1 Å². The molecule has 1 amide bonds. The molecule has 11 nitrogen and oxygen atoms in total. The summed E-state index contributed by atoms with van der Waals surface area (Å²) in [6.45, 7) is 10.1. The predicted octanol–water partition coefficient (Wildman–Crippen LogP) is 3.91. The molecule has 1 aromatic heterocycles. The van der Waals surface area contributed by atoms with E-state index in [9.17, 15) is 19.5 Å². The number of aromatic hydroxyl groups is 1. The zero-order chi connectivity index (χ0) is 27.8. The van der Waals surface area contributed by atoms with Crippen LogP contribution in [0.15, 0.2) is 36.8 Å². The van der Waals surface area contributed by atoms with Crippen molar-refractivity contribution in [1.29, 1.82) is 0 Å². The SMILES string of the molecule is COCN(C(=O)OC(C)(C)C)[C@@H](Cc1cn(C(=O)OC(C)(C)C)cn1)C(=O)OCCc1ccccc1O. The number of amides is 1. The molecule has 0 unspecified atom stereocenters. The summed E-state index contributed by atoms with van der Waals surface area (Å²) in [5, 5.41) is 9.96. The van der Waals surface area contributed by atoms with Crippen LogP contribution >= 0.6 is 0 Å². The van der Waals surface area contributed by atoms with Crippen molar-refractivity contribution in [3.05, 3.63) is 48.0 Å². The number of hydrogen-bond acceptors (Lipinski definition) is 9. The van der Waals surface area contributed by atoms with E-state index in [4.69, 9.17) is 18.9 Å². The van der Waals surface area contributed by atoms with Crippen LogP contribution < -0.4 is 0 Å². The molecular weight excluding hydrogens is 482 g/mol. The number of imidazole rings is 1. The first-order valence-corrected chi connectivity index (χ1v) is 11.9. The van der Waals surface area contributed by atoms with Gasteiger partial charge in [0.2, 0.25) is 0 Å². The number of hydrogen-bond donors (Lipinski definition) is 1. The number of phenols is 1. The minimum atomic E-state index is -1.17. The quantitative estimate of drug-likeness (QED) is 0.298. The minimum absolute atomic E-state index is 0.0333. The second-order valence-corrected chi connectivity index (χ2v) is 10.4. The smallest absolute Gasteiger partial charge is 0.419 e. The number of rotatable bonds is 9. The van der Waals surface area contributed by atoms with Crippen LogP contribution in [-0.2, 0) is 36.6 Å². The number of ether oxygens (including phenoxy) is 4. The third kappa shape index (κ3) is 9.76. The van der Waals surface area contributed by atoms with Crippen molar-refractivity contribution in [2.24, 2.45) is 0 Å². The number of phenolic OH excluding ortho intramolecular Hbond substituents is 1. The van der Waals surface area contributed by atoms with Gasteiger partial charge in [0.25, 0.3) is 0 Å². The molecule has 204 valence electrons. The van der Waals surface area contributed by atoms with E-state index in [1.807, 2.05) is 0 Å².